The molecule has 9 heteroatoms. The van der Waals surface area contributed by atoms with E-state index in [0.717, 1.165) is 75.2 Å². The van der Waals surface area contributed by atoms with Crippen molar-refractivity contribution in [2.75, 3.05) is 13.1 Å². The molecule has 1 aromatic heterocycles. The Hall–Kier alpha value is -2.35. The lowest BCUT2D eigenvalue weighted by molar-refractivity contribution is -0.129. The number of benzene rings is 1. The summed E-state index contributed by atoms with van der Waals surface area (Å²) in [5.74, 6) is 2.26. The van der Waals surface area contributed by atoms with Crippen LogP contribution in [-0.2, 0) is 16.1 Å². The van der Waals surface area contributed by atoms with E-state index in [9.17, 15) is 9.90 Å². The van der Waals surface area contributed by atoms with E-state index in [1.807, 2.05) is 18.2 Å². The second-order valence-corrected chi connectivity index (χ2v) is 11.6. The van der Waals surface area contributed by atoms with Gasteiger partial charge in [-0.1, -0.05) is 34.4 Å². The fraction of sp³-hybridized carbons (Fsp3) is 0.536. The van der Waals surface area contributed by atoms with Crippen molar-refractivity contribution in [3.63, 3.8) is 0 Å². The average molecular weight is 544 g/mol. The van der Waals surface area contributed by atoms with Crippen molar-refractivity contribution < 1.29 is 19.2 Å². The maximum absolute atomic E-state index is 11.6. The number of ether oxygens (including phenoxy) is 1. The van der Waals surface area contributed by atoms with Crippen molar-refractivity contribution in [1.82, 2.24) is 10.1 Å². The van der Waals surface area contributed by atoms with Gasteiger partial charge >= 0.3 is 5.97 Å². The summed E-state index contributed by atoms with van der Waals surface area (Å²) in [7, 11) is 0. The molecule has 4 aliphatic rings. The van der Waals surface area contributed by atoms with Crippen LogP contribution in [0.4, 0.5) is 0 Å². The Morgan fingerprint density at radius 2 is 1.86 bits per heavy atom. The molecule has 0 spiro atoms. The summed E-state index contributed by atoms with van der Waals surface area (Å²) in [4.78, 5) is 18.4. The van der Waals surface area contributed by atoms with Gasteiger partial charge in [-0.05, 0) is 81.4 Å². The highest BCUT2D eigenvalue weighted by Gasteiger charge is 2.42. The van der Waals surface area contributed by atoms with Crippen molar-refractivity contribution in [2.45, 2.75) is 70.0 Å². The number of nitrogens with zero attached hydrogens (tertiary/aromatic N) is 3. The molecule has 1 saturated heterocycles. The minimum absolute atomic E-state index is 0.165. The Kier molecular flexibility index (Phi) is 7.03. The molecule has 37 heavy (non-hydrogen) atoms. The smallest absolute Gasteiger partial charge is 0.350 e. The van der Waals surface area contributed by atoms with Gasteiger partial charge in [0.2, 0.25) is 0 Å². The highest BCUT2D eigenvalue weighted by Crippen LogP contribution is 2.47. The standard InChI is InChI=1S/C28H31Cl2N3O4/c29-21-5-4-6-22(30)25(21)26-20(27(37-32-26)16-9-10-16)15-36-19-11-17-13-33(14-18(17)12-19)24-8-3-1-2-7-23(31-24)28(34)35/h4-6,8,16-19H,1-3,7,9-15H2,(H,34,35)/b24-8+,31-23+/t17-,18+,19?. The minimum Gasteiger partial charge on any atom is -0.477 e. The van der Waals surface area contributed by atoms with Gasteiger partial charge in [0.25, 0.3) is 0 Å². The largest absolute Gasteiger partial charge is 0.477 e. The minimum atomic E-state index is -0.905. The van der Waals surface area contributed by atoms with Crippen LogP contribution in [0.3, 0.4) is 0 Å². The van der Waals surface area contributed by atoms with Crippen LogP contribution in [0, 0.1) is 11.8 Å². The van der Waals surface area contributed by atoms with Crippen LogP contribution in [0.15, 0.2) is 39.6 Å². The first kappa shape index (κ1) is 25.0. The van der Waals surface area contributed by atoms with Crippen LogP contribution in [0.25, 0.3) is 11.3 Å². The number of fused-ring (bicyclic) bond motifs is 1. The summed E-state index contributed by atoms with van der Waals surface area (Å²) in [6, 6.07) is 5.46. The number of aromatic nitrogens is 1. The Labute approximate surface area is 226 Å². The van der Waals surface area contributed by atoms with E-state index >= 15 is 0 Å². The summed E-state index contributed by atoms with van der Waals surface area (Å²) in [5, 5.41) is 15.0. The Balaban J connectivity index is 1.13. The molecule has 1 unspecified atom stereocenters. The second-order valence-electron chi connectivity index (χ2n) is 10.7. The summed E-state index contributed by atoms with van der Waals surface area (Å²) in [6.07, 6.45) is 9.80. The van der Waals surface area contributed by atoms with Crippen LogP contribution in [0.1, 0.15) is 68.6 Å². The molecule has 2 saturated carbocycles. The Morgan fingerprint density at radius 3 is 2.54 bits per heavy atom. The zero-order chi connectivity index (χ0) is 25.5. The molecule has 2 aliphatic carbocycles. The van der Waals surface area contributed by atoms with Gasteiger partial charge in [0, 0.05) is 30.1 Å². The van der Waals surface area contributed by atoms with Gasteiger partial charge in [0.05, 0.1) is 22.8 Å². The zero-order valence-corrected chi connectivity index (χ0v) is 22.2. The molecule has 1 N–H and O–H groups in total. The van der Waals surface area contributed by atoms with Gasteiger partial charge in [-0.2, -0.15) is 0 Å². The third-order valence-electron chi connectivity index (χ3n) is 8.15. The van der Waals surface area contributed by atoms with Crippen molar-refractivity contribution in [1.29, 1.82) is 0 Å². The highest BCUT2D eigenvalue weighted by molar-refractivity contribution is 6.39. The first-order valence-electron chi connectivity index (χ1n) is 13.3. The number of carbonyl (C=O) groups is 1. The van der Waals surface area contributed by atoms with Gasteiger partial charge < -0.3 is 19.3 Å². The molecular formula is C28H31Cl2N3O4. The molecular weight excluding hydrogens is 513 g/mol. The number of hydrogen-bond donors (Lipinski definition) is 1. The van der Waals surface area contributed by atoms with Gasteiger partial charge in [-0.3, -0.25) is 0 Å². The van der Waals surface area contributed by atoms with Crippen molar-refractivity contribution in [3.05, 3.63) is 51.5 Å². The average Bonchev–Trinajstić information content (AvgIpc) is 3.31. The van der Waals surface area contributed by atoms with Crippen molar-refractivity contribution in [2.24, 2.45) is 16.8 Å². The lowest BCUT2D eigenvalue weighted by Gasteiger charge is -2.23. The van der Waals surface area contributed by atoms with Gasteiger partial charge in [0.1, 0.15) is 23.0 Å². The lowest BCUT2D eigenvalue weighted by atomic mass is 10.0. The SMILES string of the molecule is O=C(O)/C1=N/C(N2C[C@H]3CC(OCc4c(-c5c(Cl)cccc5Cl)noc4C4CC4)C[C@H]3C2)=C\CCCC1. The maximum Gasteiger partial charge on any atom is 0.350 e. The lowest BCUT2D eigenvalue weighted by Crippen LogP contribution is -2.25. The first-order valence-corrected chi connectivity index (χ1v) is 14.0. The molecule has 0 radical (unpaired) electrons. The first-order chi connectivity index (χ1) is 18.0. The molecule has 3 atom stereocenters. The van der Waals surface area contributed by atoms with Crippen molar-refractivity contribution in [3.8, 4) is 11.3 Å². The fourth-order valence-corrected chi connectivity index (χ4v) is 6.66. The molecule has 196 valence electrons. The summed E-state index contributed by atoms with van der Waals surface area (Å²) in [6.45, 7) is 2.22. The van der Waals surface area contributed by atoms with Crippen molar-refractivity contribution >= 4 is 34.9 Å². The van der Waals surface area contributed by atoms with E-state index < -0.39 is 5.97 Å². The molecule has 6 rings (SSSR count). The van der Waals surface area contributed by atoms with E-state index in [0.29, 0.717) is 52.1 Å². The number of carboxylic acid groups (broad SMARTS) is 1. The monoisotopic (exact) mass is 543 g/mol. The van der Waals surface area contributed by atoms with Crippen LogP contribution >= 0.6 is 23.2 Å². The van der Waals surface area contributed by atoms with Gasteiger partial charge in [0.15, 0.2) is 0 Å². The number of rotatable bonds is 7. The van der Waals surface area contributed by atoms with Crippen LogP contribution in [0.5, 0.6) is 0 Å². The number of aliphatic carboxylic acids is 1. The second kappa shape index (κ2) is 10.4. The Morgan fingerprint density at radius 1 is 1.14 bits per heavy atom. The third-order valence-corrected chi connectivity index (χ3v) is 8.78. The molecule has 3 heterocycles. The quantitative estimate of drug-likeness (QED) is 0.418. The summed E-state index contributed by atoms with van der Waals surface area (Å²) in [5.41, 5.74) is 2.63. The number of halogens is 2. The zero-order valence-electron chi connectivity index (χ0n) is 20.7. The highest BCUT2D eigenvalue weighted by atomic mass is 35.5. The van der Waals surface area contributed by atoms with Crippen LogP contribution in [-0.4, -0.2) is 46.0 Å². The van der Waals surface area contributed by atoms with E-state index in [-0.39, 0.29) is 11.8 Å². The molecule has 2 aliphatic heterocycles. The number of allylic oxidation sites excluding steroid dienone is 1. The van der Waals surface area contributed by atoms with Gasteiger partial charge in [-0.15, -0.1) is 0 Å². The van der Waals surface area contributed by atoms with E-state index in [1.54, 1.807) is 0 Å². The predicted octanol–water partition coefficient (Wildman–Crippen LogP) is 6.69. The molecule has 0 bridgehead atoms. The molecule has 1 aromatic carbocycles. The maximum atomic E-state index is 11.6. The van der Waals surface area contributed by atoms with Crippen LogP contribution < -0.4 is 0 Å². The third kappa shape index (κ3) is 5.18. The van der Waals surface area contributed by atoms with E-state index in [2.05, 4.69) is 21.1 Å². The topological polar surface area (TPSA) is 88.2 Å². The number of hydrogen-bond acceptors (Lipinski definition) is 6. The van der Waals surface area contributed by atoms with Crippen LogP contribution in [0.2, 0.25) is 10.0 Å². The van der Waals surface area contributed by atoms with Gasteiger partial charge in [-0.25, -0.2) is 9.79 Å². The van der Waals surface area contributed by atoms with E-state index in [1.165, 1.54) is 0 Å². The number of aliphatic imine (C=N–C) groups is 1. The normalized spacial score (nSPS) is 28.7. The molecule has 0 amide bonds. The number of likely N-dealkylation sites (tertiary alicyclic amines) is 1. The molecule has 7 nitrogen and oxygen atoms in total. The molecule has 3 fully saturated rings. The van der Waals surface area contributed by atoms with E-state index in [4.69, 9.17) is 32.5 Å². The summed E-state index contributed by atoms with van der Waals surface area (Å²) < 4.78 is 12.3. The summed E-state index contributed by atoms with van der Waals surface area (Å²) >= 11 is 13.0. The Bertz CT molecular complexity index is 1220. The molecule has 2 aromatic rings. The fourth-order valence-electron chi connectivity index (χ4n) is 6.08. The predicted molar refractivity (Wildman–Crippen MR) is 142 cm³/mol. The number of carboxylic acids is 1.